The molecule has 3 rings (SSSR count). The monoisotopic (exact) mass is 278 g/mol. The zero-order valence-corrected chi connectivity index (χ0v) is 12.1. The van der Waals surface area contributed by atoms with E-state index < -0.39 is 16.4 Å². The average molecular weight is 278 g/mol. The van der Waals surface area contributed by atoms with E-state index in [0.29, 0.717) is 12.0 Å². The summed E-state index contributed by atoms with van der Waals surface area (Å²) in [4.78, 5) is 0. The summed E-state index contributed by atoms with van der Waals surface area (Å²) < 4.78 is 0. The van der Waals surface area contributed by atoms with E-state index in [4.69, 9.17) is 5.73 Å². The maximum atomic E-state index is 9.81. The molecule has 0 aromatic carbocycles. The summed E-state index contributed by atoms with van der Waals surface area (Å²) in [5.74, 6) is 0. The lowest BCUT2D eigenvalue weighted by Gasteiger charge is -2.59. The molecule has 0 amide bonds. The van der Waals surface area contributed by atoms with Gasteiger partial charge in [0.2, 0.25) is 0 Å². The van der Waals surface area contributed by atoms with Crippen molar-refractivity contribution in [3.05, 3.63) is 22.5 Å². The van der Waals surface area contributed by atoms with Gasteiger partial charge in [-0.05, 0) is 18.8 Å². The molecule has 2 aliphatic heterocycles. The van der Waals surface area contributed by atoms with Gasteiger partial charge in [-0.2, -0.15) is 21.0 Å². The highest BCUT2D eigenvalue weighted by atomic mass is 15.1. The van der Waals surface area contributed by atoms with Crippen LogP contribution in [0.15, 0.2) is 22.5 Å². The first-order valence-electron chi connectivity index (χ1n) is 6.39. The number of hydrogen-bond acceptors (Lipinski definition) is 6. The molecule has 1 aliphatic carbocycles. The molecule has 1 saturated heterocycles. The Balaban J connectivity index is 3.01. The number of nitriles is 4. The second kappa shape index (κ2) is 4.02. The molecule has 2 bridgehead atoms. The van der Waals surface area contributed by atoms with Crippen molar-refractivity contribution in [3.8, 4) is 24.3 Å². The van der Waals surface area contributed by atoms with Crippen molar-refractivity contribution in [2.45, 2.75) is 32.7 Å². The molecule has 21 heavy (non-hydrogen) atoms. The lowest BCUT2D eigenvalue weighted by Crippen LogP contribution is -2.66. The van der Waals surface area contributed by atoms with E-state index in [1.54, 1.807) is 6.92 Å². The summed E-state index contributed by atoms with van der Waals surface area (Å²) in [7, 11) is 0. The second-order valence-electron chi connectivity index (χ2n) is 6.25. The molecule has 0 saturated carbocycles. The predicted molar refractivity (Wildman–Crippen MR) is 73.1 cm³/mol. The molecule has 0 radical (unpaired) electrons. The molecule has 3 N–H and O–H groups in total. The van der Waals surface area contributed by atoms with Gasteiger partial charge in [-0.15, -0.1) is 0 Å². The van der Waals surface area contributed by atoms with Crippen LogP contribution in [0.1, 0.15) is 27.2 Å². The molecule has 6 nitrogen and oxygen atoms in total. The first-order valence-corrected chi connectivity index (χ1v) is 6.39. The quantitative estimate of drug-likeness (QED) is 0.642. The van der Waals surface area contributed by atoms with E-state index >= 15 is 0 Å². The molecule has 2 atom stereocenters. The van der Waals surface area contributed by atoms with Gasteiger partial charge in [-0.1, -0.05) is 13.8 Å². The molecular weight excluding hydrogens is 264 g/mol. The van der Waals surface area contributed by atoms with Crippen molar-refractivity contribution in [2.75, 3.05) is 0 Å². The summed E-state index contributed by atoms with van der Waals surface area (Å²) >= 11 is 0. The zero-order chi connectivity index (χ0) is 16.1. The Kier molecular flexibility index (Phi) is 2.76. The normalized spacial score (nSPS) is 32.2. The van der Waals surface area contributed by atoms with Crippen molar-refractivity contribution < 1.29 is 0 Å². The maximum absolute atomic E-state index is 9.81. The van der Waals surface area contributed by atoms with Gasteiger partial charge in [0.25, 0.3) is 0 Å². The Morgan fingerprint density at radius 3 is 2.14 bits per heavy atom. The summed E-state index contributed by atoms with van der Waals surface area (Å²) in [6.45, 7) is 5.53. The van der Waals surface area contributed by atoms with Crippen LogP contribution in [0.3, 0.4) is 0 Å². The molecule has 0 spiro atoms. The van der Waals surface area contributed by atoms with E-state index in [9.17, 15) is 21.0 Å². The van der Waals surface area contributed by atoms with Crippen LogP contribution < -0.4 is 11.1 Å². The predicted octanol–water partition coefficient (Wildman–Crippen LogP) is 1.33. The summed E-state index contributed by atoms with van der Waals surface area (Å²) in [6.07, 6.45) is 0.505. The van der Waals surface area contributed by atoms with Crippen molar-refractivity contribution >= 4 is 0 Å². The molecule has 0 aromatic rings. The van der Waals surface area contributed by atoms with Gasteiger partial charge < -0.3 is 11.1 Å². The smallest absolute Gasteiger partial charge is 0.150 e. The first-order chi connectivity index (χ1) is 9.74. The van der Waals surface area contributed by atoms with Gasteiger partial charge in [0.05, 0.1) is 34.6 Å². The first kappa shape index (κ1) is 14.4. The van der Waals surface area contributed by atoms with Crippen LogP contribution in [0.25, 0.3) is 0 Å². The highest BCUT2D eigenvalue weighted by molar-refractivity contribution is 5.60. The van der Waals surface area contributed by atoms with Crippen molar-refractivity contribution in [1.82, 2.24) is 5.32 Å². The van der Waals surface area contributed by atoms with Gasteiger partial charge in [-0.25, -0.2) is 0 Å². The average Bonchev–Trinajstić information content (AvgIpc) is 2.38. The SMILES string of the molecule is CC1(C)C[C@@]2(C)NC(=C(C#N)C#N)[C@]1(C#N)C(N)=C2C#N. The van der Waals surface area contributed by atoms with E-state index in [-0.39, 0.29) is 17.0 Å². The van der Waals surface area contributed by atoms with Gasteiger partial charge in [-0.3, -0.25) is 0 Å². The third kappa shape index (κ3) is 1.42. The van der Waals surface area contributed by atoms with E-state index in [1.165, 1.54) is 0 Å². The largest absolute Gasteiger partial charge is 0.400 e. The van der Waals surface area contributed by atoms with Crippen LogP contribution in [-0.4, -0.2) is 5.54 Å². The molecule has 0 unspecified atom stereocenters. The van der Waals surface area contributed by atoms with Crippen LogP contribution in [0.4, 0.5) is 0 Å². The molecule has 104 valence electrons. The summed E-state index contributed by atoms with van der Waals surface area (Å²) in [6, 6.07) is 7.88. The minimum absolute atomic E-state index is 0.142. The Hall–Kier alpha value is -2.96. The van der Waals surface area contributed by atoms with E-state index in [2.05, 4.69) is 17.5 Å². The van der Waals surface area contributed by atoms with Gasteiger partial charge >= 0.3 is 0 Å². The fraction of sp³-hybridized carbons (Fsp3) is 0.467. The Morgan fingerprint density at radius 1 is 1.14 bits per heavy atom. The van der Waals surface area contributed by atoms with Crippen LogP contribution in [0, 0.1) is 56.2 Å². The summed E-state index contributed by atoms with van der Waals surface area (Å²) in [5, 5.41) is 40.6. The van der Waals surface area contributed by atoms with Gasteiger partial charge in [0.15, 0.2) is 5.57 Å². The number of piperidine rings is 1. The highest BCUT2D eigenvalue weighted by Gasteiger charge is 2.65. The van der Waals surface area contributed by atoms with Crippen molar-refractivity contribution in [1.29, 1.82) is 21.0 Å². The number of nitrogens with two attached hydrogens (primary N) is 1. The molecule has 3 aliphatic rings. The van der Waals surface area contributed by atoms with Crippen molar-refractivity contribution in [3.63, 3.8) is 0 Å². The number of nitrogens with zero attached hydrogens (tertiary/aromatic N) is 4. The number of fused-ring (bicyclic) bond motifs is 2. The van der Waals surface area contributed by atoms with Crippen LogP contribution >= 0.6 is 0 Å². The Labute approximate surface area is 123 Å². The van der Waals surface area contributed by atoms with Crippen molar-refractivity contribution in [2.24, 2.45) is 16.6 Å². The fourth-order valence-corrected chi connectivity index (χ4v) is 3.74. The Bertz CT molecular complexity index is 742. The third-order valence-electron chi connectivity index (χ3n) is 4.56. The highest BCUT2D eigenvalue weighted by Crippen LogP contribution is 2.61. The standard InChI is InChI=1S/C15H14N6/c1-13(2)7-14(3)10(6-18)11(20)15(13,8-19)12(21-14)9(4-16)5-17/h21H,7,20H2,1-3H3/t14-,15+/m1/s1. The van der Waals surface area contributed by atoms with Gasteiger partial charge in [0.1, 0.15) is 17.6 Å². The third-order valence-corrected chi connectivity index (χ3v) is 4.56. The lowest BCUT2D eigenvalue weighted by atomic mass is 9.49. The maximum Gasteiger partial charge on any atom is 0.150 e. The fourth-order valence-electron chi connectivity index (χ4n) is 3.74. The van der Waals surface area contributed by atoms with Crippen LogP contribution in [0.5, 0.6) is 0 Å². The number of hydrogen-bond donors (Lipinski definition) is 2. The summed E-state index contributed by atoms with van der Waals surface area (Å²) in [5.41, 5.74) is 3.89. The molecule has 6 heteroatoms. The van der Waals surface area contributed by atoms with Crippen LogP contribution in [0.2, 0.25) is 0 Å². The number of rotatable bonds is 0. The van der Waals surface area contributed by atoms with Gasteiger partial charge in [0, 0.05) is 0 Å². The molecule has 1 fully saturated rings. The minimum atomic E-state index is -1.36. The molecule has 0 aromatic heterocycles. The second-order valence-corrected chi connectivity index (χ2v) is 6.25. The molecular formula is C15H14N6. The van der Waals surface area contributed by atoms with E-state index in [0.717, 1.165) is 0 Å². The lowest BCUT2D eigenvalue weighted by molar-refractivity contribution is 0.0758. The Morgan fingerprint density at radius 2 is 1.71 bits per heavy atom. The zero-order valence-electron chi connectivity index (χ0n) is 12.1. The van der Waals surface area contributed by atoms with E-state index in [1.807, 2.05) is 26.0 Å². The minimum Gasteiger partial charge on any atom is -0.400 e. The molecule has 2 heterocycles. The number of nitrogens with one attached hydrogen (secondary N) is 1. The topological polar surface area (TPSA) is 133 Å². The number of allylic oxidation sites excluding steroid dienone is 1. The van der Waals surface area contributed by atoms with Crippen LogP contribution in [-0.2, 0) is 0 Å².